The van der Waals surface area contributed by atoms with Crippen LogP contribution in [0.1, 0.15) is 12.1 Å². The number of anilines is 1. The lowest BCUT2D eigenvalue weighted by atomic mass is 10.0. The van der Waals surface area contributed by atoms with E-state index in [0.717, 1.165) is 29.2 Å². The van der Waals surface area contributed by atoms with Crippen molar-refractivity contribution in [1.29, 1.82) is 0 Å². The fourth-order valence-electron chi connectivity index (χ4n) is 3.63. The molecule has 0 saturated heterocycles. The molecule has 0 atom stereocenters. The Morgan fingerprint density at radius 2 is 2.10 bits per heavy atom. The Morgan fingerprint density at radius 1 is 1.23 bits per heavy atom. The van der Waals surface area contributed by atoms with Gasteiger partial charge in [-0.2, -0.15) is 13.5 Å². The molecule has 0 radical (unpaired) electrons. The number of likely N-dealkylation sites (N-methyl/N-ethyl adjacent to an activating group) is 1. The van der Waals surface area contributed by atoms with Gasteiger partial charge in [-0.25, -0.2) is 4.98 Å². The second-order valence-electron chi connectivity index (χ2n) is 7.31. The quantitative estimate of drug-likeness (QED) is 0.681. The van der Waals surface area contributed by atoms with E-state index in [-0.39, 0.29) is 23.1 Å². The van der Waals surface area contributed by atoms with Crippen LogP contribution in [-0.4, -0.2) is 60.1 Å². The minimum atomic E-state index is -4.03. The molecule has 30 heavy (non-hydrogen) atoms. The third kappa shape index (κ3) is 3.04. The molecule has 0 aliphatic carbocycles. The molecule has 5 rings (SSSR count). The molecule has 1 amide bonds. The number of amides is 1. The Labute approximate surface area is 173 Å². The summed E-state index contributed by atoms with van der Waals surface area (Å²) in [5, 5.41) is 7.83. The summed E-state index contributed by atoms with van der Waals surface area (Å²) in [6.45, 7) is 1.50. The number of nitrogens with zero attached hydrogens (tertiary/aromatic N) is 4. The summed E-state index contributed by atoms with van der Waals surface area (Å²) >= 11 is 0. The van der Waals surface area contributed by atoms with Crippen molar-refractivity contribution in [1.82, 2.24) is 19.1 Å². The molecule has 4 heterocycles. The lowest BCUT2D eigenvalue weighted by Crippen LogP contribution is -2.25. The van der Waals surface area contributed by atoms with Crippen LogP contribution in [0.5, 0.6) is 5.75 Å². The van der Waals surface area contributed by atoms with Crippen LogP contribution in [0, 0.1) is 0 Å². The average Bonchev–Trinajstić information content (AvgIpc) is 3.14. The maximum atomic E-state index is 13.4. The van der Waals surface area contributed by atoms with Crippen LogP contribution in [0.4, 0.5) is 5.69 Å². The van der Waals surface area contributed by atoms with Gasteiger partial charge in [0.25, 0.3) is 15.9 Å². The van der Waals surface area contributed by atoms with E-state index in [9.17, 15) is 13.2 Å². The lowest BCUT2D eigenvalue weighted by molar-refractivity contribution is -0.118. The average molecular weight is 425 g/mol. The highest BCUT2D eigenvalue weighted by Gasteiger charge is 2.27. The number of aromatic nitrogens is 3. The van der Waals surface area contributed by atoms with Gasteiger partial charge in [-0.15, -0.1) is 4.09 Å². The molecule has 3 aromatic rings. The van der Waals surface area contributed by atoms with Crippen LogP contribution in [0.15, 0.2) is 47.5 Å². The van der Waals surface area contributed by atoms with Gasteiger partial charge in [0.2, 0.25) is 0 Å². The molecule has 1 N–H and O–H groups in total. The molecular weight excluding hydrogens is 406 g/mol. The molecule has 0 fully saturated rings. The molecule has 10 heteroatoms. The van der Waals surface area contributed by atoms with E-state index >= 15 is 0 Å². The summed E-state index contributed by atoms with van der Waals surface area (Å²) in [6.07, 6.45) is 4.41. The van der Waals surface area contributed by atoms with E-state index in [0.29, 0.717) is 22.5 Å². The van der Waals surface area contributed by atoms with Crippen LogP contribution in [0.3, 0.4) is 0 Å². The summed E-state index contributed by atoms with van der Waals surface area (Å²) in [6, 6.07) is 7.94. The molecule has 1 aromatic carbocycles. The fourth-order valence-corrected chi connectivity index (χ4v) is 4.89. The monoisotopic (exact) mass is 425 g/mol. The normalized spacial score (nSPS) is 17.2. The first kappa shape index (κ1) is 18.8. The smallest absolute Gasteiger partial charge is 0.285 e. The Morgan fingerprint density at radius 3 is 2.90 bits per heavy atom. The number of benzene rings is 1. The zero-order valence-corrected chi connectivity index (χ0v) is 17.0. The maximum Gasteiger partial charge on any atom is 0.285 e. The SMILES string of the molecule is CN1CC=C(c2nn(S(=O)(=O)c3ccc4c(c3)OCC(=O)N4)c3ncccc23)CC1. The van der Waals surface area contributed by atoms with Crippen LogP contribution in [0.2, 0.25) is 0 Å². The van der Waals surface area contributed by atoms with Gasteiger partial charge in [-0.05, 0) is 43.3 Å². The molecule has 154 valence electrons. The van der Waals surface area contributed by atoms with Crippen LogP contribution >= 0.6 is 0 Å². The minimum Gasteiger partial charge on any atom is -0.482 e. The molecule has 2 aromatic heterocycles. The van der Waals surface area contributed by atoms with Crippen molar-refractivity contribution in [3.63, 3.8) is 0 Å². The van der Waals surface area contributed by atoms with E-state index < -0.39 is 10.0 Å². The van der Waals surface area contributed by atoms with Crippen molar-refractivity contribution < 1.29 is 17.9 Å². The Kier molecular flexibility index (Phi) is 4.33. The molecule has 0 unspecified atom stereocenters. The third-order valence-corrected chi connectivity index (χ3v) is 6.80. The predicted octanol–water partition coefficient (Wildman–Crippen LogP) is 1.72. The van der Waals surface area contributed by atoms with Crippen molar-refractivity contribution in [3.05, 3.63) is 48.3 Å². The first-order valence-corrected chi connectivity index (χ1v) is 10.9. The highest BCUT2D eigenvalue weighted by Crippen LogP contribution is 2.33. The molecular formula is C20H19N5O4S. The standard InChI is InChI=1S/C20H19N5O4S/c1-24-9-6-13(7-10-24)19-15-3-2-8-21-20(15)25(23-19)30(27,28)14-4-5-16-17(11-14)29-12-18(26)22-16/h2-6,8,11H,7,9-10,12H2,1H3,(H,22,26). The molecule has 0 bridgehead atoms. The Hall–Kier alpha value is -3.24. The van der Waals surface area contributed by atoms with Gasteiger partial charge in [0.05, 0.1) is 16.3 Å². The Bertz CT molecular complexity index is 1310. The molecule has 2 aliphatic heterocycles. The highest BCUT2D eigenvalue weighted by atomic mass is 32.2. The molecule has 9 nitrogen and oxygen atoms in total. The fraction of sp³-hybridized carbons (Fsp3) is 0.250. The third-order valence-electron chi connectivity index (χ3n) is 5.24. The van der Waals surface area contributed by atoms with Gasteiger partial charge in [-0.3, -0.25) is 4.79 Å². The van der Waals surface area contributed by atoms with E-state index in [2.05, 4.69) is 26.4 Å². The number of nitrogens with one attached hydrogen (secondary N) is 1. The van der Waals surface area contributed by atoms with E-state index in [1.54, 1.807) is 12.3 Å². The van der Waals surface area contributed by atoms with Crippen molar-refractivity contribution in [3.8, 4) is 5.75 Å². The Balaban J connectivity index is 1.63. The number of carbonyl (C=O) groups is 1. The van der Waals surface area contributed by atoms with Gasteiger partial charge in [0.15, 0.2) is 12.3 Å². The van der Waals surface area contributed by atoms with Crippen LogP contribution in [-0.2, 0) is 14.8 Å². The number of fused-ring (bicyclic) bond motifs is 2. The predicted molar refractivity (Wildman–Crippen MR) is 111 cm³/mol. The molecule has 0 saturated carbocycles. The summed E-state index contributed by atoms with van der Waals surface area (Å²) in [5.74, 6) is 0.0229. The second kappa shape index (κ2) is 6.92. The first-order chi connectivity index (χ1) is 14.4. The topological polar surface area (TPSA) is 106 Å². The summed E-state index contributed by atoms with van der Waals surface area (Å²) in [4.78, 5) is 18.0. The number of pyridine rings is 1. The van der Waals surface area contributed by atoms with E-state index in [1.807, 2.05) is 13.1 Å². The number of rotatable bonds is 3. The molecule has 0 spiro atoms. The van der Waals surface area contributed by atoms with Gasteiger partial charge >= 0.3 is 0 Å². The van der Waals surface area contributed by atoms with Gasteiger partial charge in [0, 0.05) is 30.7 Å². The molecule has 2 aliphatic rings. The van der Waals surface area contributed by atoms with Gasteiger partial charge in [0.1, 0.15) is 5.75 Å². The minimum absolute atomic E-state index is 0.0105. The number of hydrogen-bond acceptors (Lipinski definition) is 7. The maximum absolute atomic E-state index is 13.4. The first-order valence-electron chi connectivity index (χ1n) is 9.47. The van der Waals surface area contributed by atoms with Crippen molar-refractivity contribution in [2.24, 2.45) is 0 Å². The zero-order valence-electron chi connectivity index (χ0n) is 16.2. The van der Waals surface area contributed by atoms with E-state index in [1.165, 1.54) is 18.2 Å². The lowest BCUT2D eigenvalue weighted by Gasteiger charge is -2.21. The van der Waals surface area contributed by atoms with E-state index in [4.69, 9.17) is 4.74 Å². The van der Waals surface area contributed by atoms with Crippen molar-refractivity contribution >= 4 is 38.2 Å². The number of carbonyl (C=O) groups excluding carboxylic acids is 1. The van der Waals surface area contributed by atoms with Crippen LogP contribution < -0.4 is 10.1 Å². The summed E-state index contributed by atoms with van der Waals surface area (Å²) in [5.41, 5.74) is 2.36. The zero-order chi connectivity index (χ0) is 20.9. The second-order valence-corrected chi connectivity index (χ2v) is 9.08. The largest absolute Gasteiger partial charge is 0.482 e. The van der Waals surface area contributed by atoms with Crippen molar-refractivity contribution in [2.75, 3.05) is 32.1 Å². The number of ether oxygens (including phenoxy) is 1. The van der Waals surface area contributed by atoms with Crippen LogP contribution in [0.25, 0.3) is 16.6 Å². The highest BCUT2D eigenvalue weighted by molar-refractivity contribution is 7.90. The summed E-state index contributed by atoms with van der Waals surface area (Å²) < 4.78 is 33.2. The van der Waals surface area contributed by atoms with Crippen molar-refractivity contribution in [2.45, 2.75) is 11.3 Å². The summed E-state index contributed by atoms with van der Waals surface area (Å²) in [7, 11) is -1.99. The van der Waals surface area contributed by atoms with Gasteiger partial charge < -0.3 is 15.0 Å². The number of hydrogen-bond donors (Lipinski definition) is 1. The van der Waals surface area contributed by atoms with Gasteiger partial charge in [-0.1, -0.05) is 6.08 Å².